The smallest absolute Gasteiger partial charge is 0.179 e. The van der Waals surface area contributed by atoms with Crippen molar-refractivity contribution < 1.29 is 5.11 Å². The highest BCUT2D eigenvalue weighted by Gasteiger charge is 2.31. The van der Waals surface area contributed by atoms with Crippen LogP contribution in [0.25, 0.3) is 0 Å². The van der Waals surface area contributed by atoms with E-state index in [9.17, 15) is 5.11 Å². The molecule has 0 amide bonds. The zero-order valence-corrected chi connectivity index (χ0v) is 14.4. The normalized spacial score (nSPS) is 13.2. The Hall–Kier alpha value is -0.440. The molecule has 102 valence electrons. The third-order valence-corrected chi connectivity index (χ3v) is 3.88. The number of halogens is 4. The molecule has 0 heterocycles. The first-order valence-corrected chi connectivity index (χ1v) is 7.75. The summed E-state index contributed by atoms with van der Waals surface area (Å²) in [7, 11) is 0. The maximum absolute atomic E-state index is 11.0. The second-order valence-electron chi connectivity index (χ2n) is 4.06. The van der Waals surface area contributed by atoms with E-state index >= 15 is 0 Å². The molecule has 20 heavy (non-hydrogen) atoms. The van der Waals surface area contributed by atoms with Gasteiger partial charge in [0.15, 0.2) is 5.60 Å². The lowest BCUT2D eigenvalue weighted by atomic mass is 9.87. The number of hydrogen-bond acceptors (Lipinski definition) is 1. The molecule has 0 spiro atoms. The van der Waals surface area contributed by atoms with Crippen LogP contribution in [0.15, 0.2) is 42.5 Å². The van der Waals surface area contributed by atoms with Crippen molar-refractivity contribution in [2.45, 2.75) is 5.60 Å². The lowest BCUT2D eigenvalue weighted by molar-refractivity contribution is 0.145. The van der Waals surface area contributed by atoms with Crippen LogP contribution in [0.1, 0.15) is 11.1 Å². The Morgan fingerprint density at radius 3 is 2.10 bits per heavy atom. The standard InChI is InChI=1S/C15H8Cl3IO/c16-11-3-1-10(2-4-11)15(20,7-8-19)13-6-5-12(17)9-14(13)18/h1-6,9,20H. The predicted octanol–water partition coefficient (Wildman–Crippen LogP) is 5.28. The van der Waals surface area contributed by atoms with E-state index in [1.54, 1.807) is 42.5 Å². The zero-order valence-electron chi connectivity index (χ0n) is 10.0. The largest absolute Gasteiger partial charge is 0.369 e. The van der Waals surface area contributed by atoms with Crippen LogP contribution in [0.3, 0.4) is 0 Å². The molecule has 2 aromatic carbocycles. The first kappa shape index (κ1) is 15.9. The van der Waals surface area contributed by atoms with Gasteiger partial charge in [0.05, 0.1) is 0 Å². The molecule has 0 aliphatic heterocycles. The highest BCUT2D eigenvalue weighted by molar-refractivity contribution is 14.1. The van der Waals surface area contributed by atoms with Crippen molar-refractivity contribution in [2.75, 3.05) is 0 Å². The molecular formula is C15H8Cl3IO. The summed E-state index contributed by atoms with van der Waals surface area (Å²) in [6.45, 7) is 0. The molecule has 0 aliphatic rings. The minimum atomic E-state index is -1.51. The lowest BCUT2D eigenvalue weighted by Gasteiger charge is -2.24. The summed E-state index contributed by atoms with van der Waals surface area (Å²) in [5.74, 6) is 2.79. The Balaban J connectivity index is 2.64. The molecule has 0 radical (unpaired) electrons. The van der Waals surface area contributed by atoms with Crippen LogP contribution in [0.5, 0.6) is 0 Å². The fraction of sp³-hybridized carbons (Fsp3) is 0.0667. The van der Waals surface area contributed by atoms with Gasteiger partial charge in [0.2, 0.25) is 0 Å². The first-order chi connectivity index (χ1) is 9.47. The fourth-order valence-electron chi connectivity index (χ4n) is 1.84. The lowest BCUT2D eigenvalue weighted by Crippen LogP contribution is -2.25. The summed E-state index contributed by atoms with van der Waals surface area (Å²) >= 11 is 19.8. The minimum absolute atomic E-state index is 0.356. The van der Waals surface area contributed by atoms with Crippen molar-refractivity contribution in [1.82, 2.24) is 0 Å². The van der Waals surface area contributed by atoms with Crippen molar-refractivity contribution in [1.29, 1.82) is 0 Å². The Bertz CT molecular complexity index is 689. The van der Waals surface area contributed by atoms with E-state index in [-0.39, 0.29) is 0 Å². The molecule has 1 atom stereocenters. The second-order valence-corrected chi connectivity index (χ2v) is 5.88. The van der Waals surface area contributed by atoms with Gasteiger partial charge in [-0.1, -0.05) is 53.0 Å². The van der Waals surface area contributed by atoms with Gasteiger partial charge >= 0.3 is 0 Å². The van der Waals surface area contributed by atoms with Crippen LogP contribution < -0.4 is 0 Å². The molecular weight excluding hydrogens is 429 g/mol. The quantitative estimate of drug-likeness (QED) is 0.501. The Morgan fingerprint density at radius 1 is 0.950 bits per heavy atom. The molecule has 2 aromatic rings. The molecule has 0 aromatic heterocycles. The van der Waals surface area contributed by atoms with E-state index in [1.165, 1.54) is 0 Å². The van der Waals surface area contributed by atoms with E-state index in [1.807, 2.05) is 22.6 Å². The molecule has 2 rings (SSSR count). The maximum atomic E-state index is 11.0. The van der Waals surface area contributed by atoms with E-state index in [0.717, 1.165) is 0 Å². The van der Waals surface area contributed by atoms with Crippen LogP contribution in [-0.4, -0.2) is 5.11 Å². The number of hydrogen-bond donors (Lipinski definition) is 1. The molecule has 0 saturated heterocycles. The number of aliphatic hydroxyl groups is 1. The van der Waals surface area contributed by atoms with Gasteiger partial charge in [-0.25, -0.2) is 0 Å². The van der Waals surface area contributed by atoms with Gasteiger partial charge in [-0.3, -0.25) is 0 Å². The third kappa shape index (κ3) is 3.24. The molecule has 1 N–H and O–H groups in total. The summed E-state index contributed by atoms with van der Waals surface area (Å²) < 4.78 is 2.71. The average molecular weight is 437 g/mol. The fourth-order valence-corrected chi connectivity index (χ4v) is 2.90. The van der Waals surface area contributed by atoms with Crippen molar-refractivity contribution in [3.8, 4) is 9.85 Å². The van der Waals surface area contributed by atoms with Crippen LogP contribution >= 0.6 is 57.4 Å². The monoisotopic (exact) mass is 436 g/mol. The highest BCUT2D eigenvalue weighted by Crippen LogP contribution is 2.35. The van der Waals surface area contributed by atoms with Crippen LogP contribution in [-0.2, 0) is 5.60 Å². The van der Waals surface area contributed by atoms with E-state index in [4.69, 9.17) is 34.8 Å². The van der Waals surface area contributed by atoms with Gasteiger partial charge in [-0.05, 0) is 34.1 Å². The van der Waals surface area contributed by atoms with Gasteiger partial charge in [0.1, 0.15) is 0 Å². The Labute approximate surface area is 146 Å². The van der Waals surface area contributed by atoms with Gasteiger partial charge in [0, 0.05) is 48.8 Å². The van der Waals surface area contributed by atoms with Crippen molar-refractivity contribution in [2.24, 2.45) is 0 Å². The molecule has 5 heteroatoms. The Morgan fingerprint density at radius 2 is 1.55 bits per heavy atom. The molecule has 0 fully saturated rings. The molecule has 0 aliphatic carbocycles. The highest BCUT2D eigenvalue weighted by atomic mass is 127. The van der Waals surface area contributed by atoms with Crippen LogP contribution in [0, 0.1) is 9.85 Å². The van der Waals surface area contributed by atoms with Crippen molar-refractivity contribution in [3.05, 3.63) is 68.7 Å². The average Bonchev–Trinajstić information content (AvgIpc) is 2.39. The third-order valence-electron chi connectivity index (χ3n) is 2.81. The molecule has 0 saturated carbocycles. The van der Waals surface area contributed by atoms with Crippen molar-refractivity contribution in [3.63, 3.8) is 0 Å². The first-order valence-electron chi connectivity index (χ1n) is 5.54. The van der Waals surface area contributed by atoms with E-state index in [2.05, 4.69) is 9.85 Å². The van der Waals surface area contributed by atoms with Gasteiger partial charge < -0.3 is 5.11 Å². The number of benzene rings is 2. The minimum Gasteiger partial charge on any atom is -0.369 e. The summed E-state index contributed by atoms with van der Waals surface area (Å²) in [5.41, 5.74) is -0.432. The summed E-state index contributed by atoms with van der Waals surface area (Å²) in [4.78, 5) is 0. The molecule has 1 nitrogen and oxygen atoms in total. The number of rotatable bonds is 2. The molecule has 0 bridgehead atoms. The summed E-state index contributed by atoms with van der Waals surface area (Å²) in [5, 5.41) is 12.4. The zero-order chi connectivity index (χ0) is 14.8. The second kappa shape index (κ2) is 6.55. The van der Waals surface area contributed by atoms with E-state index in [0.29, 0.717) is 26.2 Å². The Kier molecular flexibility index (Phi) is 5.22. The predicted molar refractivity (Wildman–Crippen MR) is 92.7 cm³/mol. The van der Waals surface area contributed by atoms with Crippen LogP contribution in [0.2, 0.25) is 15.1 Å². The van der Waals surface area contributed by atoms with Crippen LogP contribution in [0.4, 0.5) is 0 Å². The topological polar surface area (TPSA) is 20.2 Å². The van der Waals surface area contributed by atoms with Gasteiger partial charge in [0.25, 0.3) is 0 Å². The van der Waals surface area contributed by atoms with E-state index < -0.39 is 5.60 Å². The SMILES string of the molecule is OC(C#CI)(c1ccc(Cl)cc1)c1ccc(Cl)cc1Cl. The molecule has 1 unspecified atom stereocenters. The van der Waals surface area contributed by atoms with Gasteiger partial charge in [-0.2, -0.15) is 0 Å². The maximum Gasteiger partial charge on any atom is 0.179 e. The van der Waals surface area contributed by atoms with Gasteiger partial charge in [-0.15, -0.1) is 0 Å². The van der Waals surface area contributed by atoms with Crippen molar-refractivity contribution >= 4 is 57.4 Å². The summed E-state index contributed by atoms with van der Waals surface area (Å²) in [6.07, 6.45) is 0. The summed E-state index contributed by atoms with van der Waals surface area (Å²) in [6, 6.07) is 11.7.